The van der Waals surface area contributed by atoms with Crippen molar-refractivity contribution in [2.75, 3.05) is 5.32 Å². The van der Waals surface area contributed by atoms with Crippen LogP contribution in [0.1, 0.15) is 29.7 Å². The zero-order valence-electron chi connectivity index (χ0n) is 11.0. The van der Waals surface area contributed by atoms with Crippen molar-refractivity contribution >= 4 is 11.8 Å². The number of carbonyl (C=O) groups excluding carboxylic acids is 1. The predicted octanol–water partition coefficient (Wildman–Crippen LogP) is 2.87. The summed E-state index contributed by atoms with van der Waals surface area (Å²) >= 11 is 0. The van der Waals surface area contributed by atoms with Crippen molar-refractivity contribution in [1.29, 1.82) is 0 Å². The number of fused-ring (bicyclic) bond motifs is 1. The average molecular weight is 274 g/mol. The molecule has 0 saturated heterocycles. The first-order valence-corrected chi connectivity index (χ1v) is 6.74. The number of aryl methyl sites for hydroxylation is 1. The van der Waals surface area contributed by atoms with Gasteiger partial charge >= 0.3 is 0 Å². The Kier molecular flexibility index (Phi) is 3.50. The van der Waals surface area contributed by atoms with Gasteiger partial charge in [-0.05, 0) is 43.4 Å². The minimum absolute atomic E-state index is 0.180. The van der Waals surface area contributed by atoms with Crippen LogP contribution in [0.2, 0.25) is 0 Å². The summed E-state index contributed by atoms with van der Waals surface area (Å²) in [6.45, 7) is 0. The van der Waals surface area contributed by atoms with Crippen LogP contribution in [0.25, 0.3) is 0 Å². The van der Waals surface area contributed by atoms with Crippen LogP contribution in [0.4, 0.5) is 10.3 Å². The van der Waals surface area contributed by atoms with Gasteiger partial charge in [0.2, 0.25) is 11.8 Å². The molecule has 0 spiro atoms. The van der Waals surface area contributed by atoms with Gasteiger partial charge < -0.3 is 4.52 Å². The highest BCUT2D eigenvalue weighted by molar-refractivity contribution is 5.91. The Labute approximate surface area is 116 Å². The summed E-state index contributed by atoms with van der Waals surface area (Å²) < 4.78 is 18.0. The highest BCUT2D eigenvalue weighted by Crippen LogP contribution is 2.27. The molecule has 1 aromatic carbocycles. The number of anilines is 1. The molecule has 0 fully saturated rings. The van der Waals surface area contributed by atoms with Gasteiger partial charge in [-0.25, -0.2) is 4.39 Å². The molecule has 0 bridgehead atoms. The molecule has 0 atom stereocenters. The molecule has 1 aliphatic rings. The summed E-state index contributed by atoms with van der Waals surface area (Å²) in [5, 5.41) is 6.74. The van der Waals surface area contributed by atoms with Crippen LogP contribution in [-0.4, -0.2) is 11.1 Å². The maximum absolute atomic E-state index is 12.8. The highest BCUT2D eigenvalue weighted by atomic mass is 19.1. The summed E-state index contributed by atoms with van der Waals surface area (Å²) in [6, 6.07) is 5.90. The van der Waals surface area contributed by atoms with Crippen LogP contribution < -0.4 is 5.32 Å². The first kappa shape index (κ1) is 12.8. The Morgan fingerprint density at radius 3 is 2.80 bits per heavy atom. The molecule has 3 rings (SSSR count). The maximum Gasteiger partial charge on any atom is 0.234 e. The lowest BCUT2D eigenvalue weighted by Crippen LogP contribution is -2.15. The second-order valence-electron chi connectivity index (χ2n) is 5.00. The SMILES string of the molecule is O=C(Cc1ccc(F)cc1)Nc1onc2c1CCCC2. The van der Waals surface area contributed by atoms with E-state index < -0.39 is 0 Å². The van der Waals surface area contributed by atoms with Crippen LogP contribution >= 0.6 is 0 Å². The second kappa shape index (κ2) is 5.45. The molecular formula is C15H15FN2O2. The van der Waals surface area contributed by atoms with Crippen molar-refractivity contribution < 1.29 is 13.7 Å². The monoisotopic (exact) mass is 274 g/mol. The number of rotatable bonds is 3. The van der Waals surface area contributed by atoms with Crippen molar-refractivity contribution in [1.82, 2.24) is 5.16 Å². The predicted molar refractivity (Wildman–Crippen MR) is 71.9 cm³/mol. The number of nitrogens with zero attached hydrogens (tertiary/aromatic N) is 1. The summed E-state index contributed by atoms with van der Waals surface area (Å²) in [5.41, 5.74) is 2.73. The highest BCUT2D eigenvalue weighted by Gasteiger charge is 2.20. The van der Waals surface area contributed by atoms with E-state index in [-0.39, 0.29) is 18.1 Å². The fourth-order valence-electron chi connectivity index (χ4n) is 2.45. The van der Waals surface area contributed by atoms with Gasteiger partial charge in [-0.3, -0.25) is 10.1 Å². The van der Waals surface area contributed by atoms with Crippen LogP contribution in [-0.2, 0) is 24.1 Å². The van der Waals surface area contributed by atoms with E-state index in [1.54, 1.807) is 12.1 Å². The molecule has 1 aliphatic carbocycles. The average Bonchev–Trinajstić information content (AvgIpc) is 2.85. The Hall–Kier alpha value is -2.17. The molecule has 0 radical (unpaired) electrons. The zero-order chi connectivity index (χ0) is 13.9. The molecule has 1 amide bonds. The number of benzene rings is 1. The number of amides is 1. The molecular weight excluding hydrogens is 259 g/mol. The minimum atomic E-state index is -0.307. The number of nitrogens with one attached hydrogen (secondary N) is 1. The smallest absolute Gasteiger partial charge is 0.234 e. The normalized spacial score (nSPS) is 13.8. The number of carbonyl (C=O) groups is 1. The zero-order valence-corrected chi connectivity index (χ0v) is 11.0. The van der Waals surface area contributed by atoms with E-state index in [0.29, 0.717) is 5.88 Å². The van der Waals surface area contributed by atoms with E-state index in [4.69, 9.17) is 4.52 Å². The van der Waals surface area contributed by atoms with Gasteiger partial charge in [-0.15, -0.1) is 0 Å². The quantitative estimate of drug-likeness (QED) is 0.936. The maximum atomic E-state index is 12.8. The Morgan fingerprint density at radius 2 is 2.00 bits per heavy atom. The third kappa shape index (κ3) is 2.71. The fourth-order valence-corrected chi connectivity index (χ4v) is 2.45. The molecule has 0 saturated carbocycles. The molecule has 0 aliphatic heterocycles. The van der Waals surface area contributed by atoms with E-state index in [1.165, 1.54) is 12.1 Å². The third-order valence-corrected chi connectivity index (χ3v) is 3.49. The number of hydrogen-bond donors (Lipinski definition) is 1. The van der Waals surface area contributed by atoms with Crippen molar-refractivity contribution in [3.8, 4) is 0 Å². The Bertz CT molecular complexity index is 619. The van der Waals surface area contributed by atoms with Crippen LogP contribution in [0, 0.1) is 5.82 Å². The first-order chi connectivity index (χ1) is 9.72. The van der Waals surface area contributed by atoms with E-state index >= 15 is 0 Å². The third-order valence-electron chi connectivity index (χ3n) is 3.49. The lowest BCUT2D eigenvalue weighted by molar-refractivity contribution is -0.115. The molecule has 1 heterocycles. The second-order valence-corrected chi connectivity index (χ2v) is 5.00. The molecule has 1 N–H and O–H groups in total. The molecule has 4 nitrogen and oxygen atoms in total. The van der Waals surface area contributed by atoms with Crippen molar-refractivity contribution in [3.63, 3.8) is 0 Å². The van der Waals surface area contributed by atoms with Gasteiger partial charge in [0.25, 0.3) is 0 Å². The molecule has 2 aromatic rings. The summed E-state index contributed by atoms with van der Waals surface area (Å²) in [5.74, 6) is -0.0218. The first-order valence-electron chi connectivity index (χ1n) is 6.74. The van der Waals surface area contributed by atoms with Crippen molar-refractivity contribution in [2.45, 2.75) is 32.1 Å². The van der Waals surface area contributed by atoms with Crippen LogP contribution in [0.15, 0.2) is 28.8 Å². The summed E-state index contributed by atoms with van der Waals surface area (Å²) in [4.78, 5) is 12.0. The summed E-state index contributed by atoms with van der Waals surface area (Å²) in [7, 11) is 0. The fraction of sp³-hybridized carbons (Fsp3) is 0.333. The number of aromatic nitrogens is 1. The largest absolute Gasteiger partial charge is 0.338 e. The van der Waals surface area contributed by atoms with Gasteiger partial charge in [0.1, 0.15) is 5.82 Å². The van der Waals surface area contributed by atoms with E-state index in [1.807, 2.05) is 0 Å². The standard InChI is InChI=1S/C15H15FN2O2/c16-11-7-5-10(6-8-11)9-14(19)17-15-12-3-1-2-4-13(12)18-20-15/h5-8H,1-4,9H2,(H,17,19). The van der Waals surface area contributed by atoms with Gasteiger partial charge in [0.05, 0.1) is 12.1 Å². The van der Waals surface area contributed by atoms with Gasteiger partial charge in [-0.2, -0.15) is 0 Å². The number of halogens is 1. The molecule has 104 valence electrons. The lowest BCUT2D eigenvalue weighted by atomic mass is 9.97. The molecule has 5 heteroatoms. The van der Waals surface area contributed by atoms with Crippen molar-refractivity contribution in [2.24, 2.45) is 0 Å². The topological polar surface area (TPSA) is 55.1 Å². The van der Waals surface area contributed by atoms with Crippen molar-refractivity contribution in [3.05, 3.63) is 46.9 Å². The van der Waals surface area contributed by atoms with Crippen LogP contribution in [0.5, 0.6) is 0 Å². The van der Waals surface area contributed by atoms with E-state index in [9.17, 15) is 9.18 Å². The lowest BCUT2D eigenvalue weighted by Gasteiger charge is -2.09. The Morgan fingerprint density at radius 1 is 1.25 bits per heavy atom. The van der Waals surface area contributed by atoms with E-state index in [0.717, 1.165) is 42.5 Å². The molecule has 1 aromatic heterocycles. The van der Waals surface area contributed by atoms with Gasteiger partial charge in [0, 0.05) is 5.56 Å². The van der Waals surface area contributed by atoms with Gasteiger partial charge in [-0.1, -0.05) is 17.3 Å². The summed E-state index contributed by atoms with van der Waals surface area (Å²) in [6.07, 6.45) is 4.20. The van der Waals surface area contributed by atoms with E-state index in [2.05, 4.69) is 10.5 Å². The number of hydrogen-bond acceptors (Lipinski definition) is 3. The molecule has 0 unspecified atom stereocenters. The van der Waals surface area contributed by atoms with Crippen LogP contribution in [0.3, 0.4) is 0 Å². The minimum Gasteiger partial charge on any atom is -0.338 e. The molecule has 20 heavy (non-hydrogen) atoms. The Balaban J connectivity index is 1.67. The van der Waals surface area contributed by atoms with Gasteiger partial charge in [0.15, 0.2) is 0 Å².